The SMILES string of the molecule is CC(C)(CO)CO.CC(C)(CO)CO.CC(C)(CO)COP(=O)(O)OP(=O)(O)O. The first-order chi connectivity index (χ1) is 12.7. The summed E-state index contributed by atoms with van der Waals surface area (Å²) in [6.45, 7) is 9.75. The number of aliphatic hydroxyl groups excluding tert-OH is 5. The van der Waals surface area contributed by atoms with Gasteiger partial charge in [-0.1, -0.05) is 41.5 Å². The van der Waals surface area contributed by atoms with Crippen LogP contribution in [0.1, 0.15) is 41.5 Å². The van der Waals surface area contributed by atoms with E-state index in [-0.39, 0.29) is 50.5 Å². The molecule has 0 aromatic rings. The van der Waals surface area contributed by atoms with Crippen LogP contribution in [0.25, 0.3) is 0 Å². The Bertz CT molecular complexity index is 487. The van der Waals surface area contributed by atoms with E-state index >= 15 is 0 Å². The van der Waals surface area contributed by atoms with E-state index in [2.05, 4.69) is 8.83 Å². The molecule has 0 rings (SSSR count). The first-order valence-corrected chi connectivity index (χ1v) is 11.5. The van der Waals surface area contributed by atoms with Crippen molar-refractivity contribution < 1.29 is 58.2 Å². The Morgan fingerprint density at radius 2 is 0.897 bits per heavy atom. The second-order valence-electron chi connectivity index (χ2n) is 8.60. The average Bonchev–Trinajstić information content (AvgIpc) is 2.59. The second-order valence-corrected chi connectivity index (χ2v) is 11.4. The molecule has 180 valence electrons. The van der Waals surface area contributed by atoms with E-state index in [0.717, 1.165) is 0 Å². The van der Waals surface area contributed by atoms with Gasteiger partial charge in [0.1, 0.15) is 0 Å². The monoisotopic (exact) mass is 472 g/mol. The van der Waals surface area contributed by atoms with Crippen molar-refractivity contribution in [1.82, 2.24) is 0 Å². The van der Waals surface area contributed by atoms with Gasteiger partial charge in [0.2, 0.25) is 0 Å². The van der Waals surface area contributed by atoms with Gasteiger partial charge in [-0.2, -0.15) is 4.31 Å². The first kappa shape index (κ1) is 33.7. The fourth-order valence-corrected chi connectivity index (χ4v) is 2.34. The Morgan fingerprint density at radius 3 is 1.07 bits per heavy atom. The van der Waals surface area contributed by atoms with E-state index in [0.29, 0.717) is 0 Å². The van der Waals surface area contributed by atoms with Crippen LogP contribution in [0.5, 0.6) is 0 Å². The predicted molar refractivity (Wildman–Crippen MR) is 106 cm³/mol. The molecular formula is C15H38O12P2. The van der Waals surface area contributed by atoms with Crippen molar-refractivity contribution in [2.75, 3.05) is 39.6 Å². The van der Waals surface area contributed by atoms with Gasteiger partial charge in [-0.15, -0.1) is 0 Å². The van der Waals surface area contributed by atoms with Gasteiger partial charge in [-0.05, 0) is 0 Å². The molecule has 0 saturated heterocycles. The fraction of sp³-hybridized carbons (Fsp3) is 1.00. The van der Waals surface area contributed by atoms with Gasteiger partial charge >= 0.3 is 15.6 Å². The van der Waals surface area contributed by atoms with Crippen LogP contribution in [0.4, 0.5) is 0 Å². The van der Waals surface area contributed by atoms with Crippen molar-refractivity contribution >= 4 is 15.6 Å². The normalized spacial score (nSPS) is 14.8. The van der Waals surface area contributed by atoms with Crippen LogP contribution in [0, 0.1) is 16.2 Å². The summed E-state index contributed by atoms with van der Waals surface area (Å²) in [4.78, 5) is 25.4. The molecule has 1 unspecified atom stereocenters. The zero-order valence-electron chi connectivity index (χ0n) is 17.8. The number of phosphoric acid groups is 2. The minimum atomic E-state index is -5.08. The van der Waals surface area contributed by atoms with Crippen molar-refractivity contribution in [2.45, 2.75) is 41.5 Å². The molecular weight excluding hydrogens is 434 g/mol. The largest absolute Gasteiger partial charge is 0.481 e. The topological polar surface area (TPSA) is 214 Å². The number of hydrogen-bond acceptors (Lipinski definition) is 9. The molecule has 0 spiro atoms. The Hall–Kier alpha value is 0.0600. The Balaban J connectivity index is -0.000000402. The minimum absolute atomic E-state index is 0.0451. The molecule has 0 aromatic carbocycles. The molecule has 8 N–H and O–H groups in total. The van der Waals surface area contributed by atoms with E-state index < -0.39 is 21.1 Å². The summed E-state index contributed by atoms with van der Waals surface area (Å²) in [6, 6.07) is 0. The van der Waals surface area contributed by atoms with Gasteiger partial charge in [0.05, 0.1) is 39.6 Å². The summed E-state index contributed by atoms with van der Waals surface area (Å²) >= 11 is 0. The first-order valence-electron chi connectivity index (χ1n) is 8.50. The van der Waals surface area contributed by atoms with Crippen LogP contribution in [-0.4, -0.2) is 79.9 Å². The van der Waals surface area contributed by atoms with Crippen LogP contribution in [0.15, 0.2) is 0 Å². The molecule has 0 aromatic heterocycles. The Morgan fingerprint density at radius 1 is 0.621 bits per heavy atom. The van der Waals surface area contributed by atoms with E-state index in [9.17, 15) is 9.13 Å². The fourth-order valence-electron chi connectivity index (χ4n) is 0.560. The molecule has 0 aliphatic rings. The van der Waals surface area contributed by atoms with Crippen LogP contribution >= 0.6 is 15.6 Å². The Labute approximate surface area is 172 Å². The van der Waals surface area contributed by atoms with Gasteiger partial charge in [0.15, 0.2) is 0 Å². The number of aliphatic hydroxyl groups is 5. The smallest absolute Gasteiger partial charge is 0.396 e. The summed E-state index contributed by atoms with van der Waals surface area (Å²) in [7, 11) is -9.88. The molecule has 0 saturated carbocycles. The predicted octanol–water partition coefficient (Wildman–Crippen LogP) is 0.226. The van der Waals surface area contributed by atoms with Crippen molar-refractivity contribution in [1.29, 1.82) is 0 Å². The van der Waals surface area contributed by atoms with Crippen molar-refractivity contribution in [3.05, 3.63) is 0 Å². The molecule has 0 aliphatic heterocycles. The van der Waals surface area contributed by atoms with Crippen LogP contribution in [0.3, 0.4) is 0 Å². The lowest BCUT2D eigenvalue weighted by Crippen LogP contribution is -2.23. The van der Waals surface area contributed by atoms with Crippen LogP contribution in [-0.2, 0) is 18.0 Å². The molecule has 0 heterocycles. The van der Waals surface area contributed by atoms with E-state index in [1.807, 2.05) is 0 Å². The molecule has 1 atom stereocenters. The highest BCUT2D eigenvalue weighted by atomic mass is 31.3. The van der Waals surface area contributed by atoms with Crippen molar-refractivity contribution in [3.63, 3.8) is 0 Å². The Kier molecular flexibility index (Phi) is 16.5. The van der Waals surface area contributed by atoms with Gasteiger partial charge < -0.3 is 40.2 Å². The maximum Gasteiger partial charge on any atom is 0.481 e. The lowest BCUT2D eigenvalue weighted by molar-refractivity contribution is 0.0759. The molecule has 14 heteroatoms. The van der Waals surface area contributed by atoms with Gasteiger partial charge in [-0.25, -0.2) is 9.13 Å². The maximum absolute atomic E-state index is 10.9. The standard InChI is InChI=1S/C5H14O8P2.2C5H12O2/c1-5(2,3-6)4-12-15(10,11)13-14(7,8)9;2*1-5(2,3-6)4-7/h6H,3-4H2,1-2H3,(H,10,11)(H2,7,8,9);2*6-7H,3-4H2,1-2H3. The third-order valence-electron chi connectivity index (χ3n) is 2.97. The third-order valence-corrected chi connectivity index (χ3v) is 5.10. The molecule has 0 amide bonds. The quantitative estimate of drug-likeness (QED) is 0.201. The number of hydrogen-bond donors (Lipinski definition) is 8. The summed E-state index contributed by atoms with van der Waals surface area (Å²) in [5.41, 5.74) is -1.42. The molecule has 0 aliphatic carbocycles. The highest BCUT2D eigenvalue weighted by Crippen LogP contribution is 2.57. The van der Waals surface area contributed by atoms with Crippen LogP contribution < -0.4 is 0 Å². The zero-order chi connectivity index (χ0) is 24.2. The van der Waals surface area contributed by atoms with E-state index in [1.165, 1.54) is 13.8 Å². The minimum Gasteiger partial charge on any atom is -0.396 e. The maximum atomic E-state index is 10.9. The molecule has 29 heavy (non-hydrogen) atoms. The summed E-state index contributed by atoms with van der Waals surface area (Å²) in [5, 5.41) is 42.5. The lowest BCUT2D eigenvalue weighted by Gasteiger charge is -2.22. The number of rotatable bonds is 10. The zero-order valence-corrected chi connectivity index (χ0v) is 19.6. The van der Waals surface area contributed by atoms with Gasteiger partial charge in [0.25, 0.3) is 0 Å². The highest BCUT2D eigenvalue weighted by Gasteiger charge is 2.34. The van der Waals surface area contributed by atoms with Crippen molar-refractivity contribution in [2.24, 2.45) is 16.2 Å². The summed E-state index contributed by atoms with van der Waals surface area (Å²) in [6.07, 6.45) is 0. The highest BCUT2D eigenvalue weighted by molar-refractivity contribution is 7.60. The van der Waals surface area contributed by atoms with Crippen LogP contribution in [0.2, 0.25) is 0 Å². The third kappa shape index (κ3) is 24.2. The van der Waals surface area contributed by atoms with Crippen molar-refractivity contribution in [3.8, 4) is 0 Å². The molecule has 0 radical (unpaired) electrons. The second kappa shape index (κ2) is 14.2. The van der Waals surface area contributed by atoms with E-state index in [4.69, 9.17) is 40.2 Å². The molecule has 0 fully saturated rings. The summed E-state index contributed by atoms with van der Waals surface area (Å²) in [5.74, 6) is 0. The molecule has 0 bridgehead atoms. The number of phosphoric ester groups is 1. The van der Waals surface area contributed by atoms with E-state index in [1.54, 1.807) is 27.7 Å². The van der Waals surface area contributed by atoms with Gasteiger partial charge in [-0.3, -0.25) is 4.52 Å². The average molecular weight is 472 g/mol. The molecule has 12 nitrogen and oxygen atoms in total. The van der Waals surface area contributed by atoms with Gasteiger partial charge in [0, 0.05) is 16.2 Å². The summed E-state index contributed by atoms with van der Waals surface area (Å²) < 4.78 is 29.0. The lowest BCUT2D eigenvalue weighted by atomic mass is 9.97.